The first-order valence-corrected chi connectivity index (χ1v) is 11.6. The van der Waals surface area contributed by atoms with Gasteiger partial charge in [-0.15, -0.1) is 0 Å². The molecular weight excluding hydrogens is 431 g/mol. The monoisotopic (exact) mass is 460 g/mol. The Morgan fingerprint density at radius 1 is 1.21 bits per heavy atom. The summed E-state index contributed by atoms with van der Waals surface area (Å²) >= 11 is 0. The molecule has 1 aliphatic heterocycles. The van der Waals surface area contributed by atoms with Crippen LogP contribution in [0.25, 0.3) is 0 Å². The molecule has 0 spiro atoms. The summed E-state index contributed by atoms with van der Waals surface area (Å²) < 4.78 is 26.3. The number of rotatable bonds is 6. The van der Waals surface area contributed by atoms with Crippen molar-refractivity contribution < 1.29 is 24.1 Å². The molecule has 5 N–H and O–H groups in total. The van der Waals surface area contributed by atoms with E-state index in [0.29, 0.717) is 23.6 Å². The van der Waals surface area contributed by atoms with Crippen molar-refractivity contribution in [3.05, 3.63) is 17.6 Å². The maximum absolute atomic E-state index is 15.3. The molecule has 5 aliphatic rings. The molecule has 0 aromatic carbocycles. The van der Waals surface area contributed by atoms with Crippen LogP contribution in [0.2, 0.25) is 0 Å². The van der Waals surface area contributed by atoms with E-state index in [4.69, 9.17) is 9.47 Å². The first kappa shape index (κ1) is 21.1. The van der Waals surface area contributed by atoms with E-state index in [9.17, 15) is 10.2 Å². The van der Waals surface area contributed by atoms with Gasteiger partial charge < -0.3 is 30.3 Å². The van der Waals surface area contributed by atoms with Gasteiger partial charge in [-0.25, -0.2) is 0 Å². The molecule has 178 valence electrons. The molecule has 7 rings (SSSR count). The number of nitrogens with one attached hydrogen (secondary N) is 3. The minimum Gasteiger partial charge on any atom is -0.467 e. The molecule has 2 aromatic heterocycles. The summed E-state index contributed by atoms with van der Waals surface area (Å²) in [6.45, 7) is 2.13. The van der Waals surface area contributed by atoms with Crippen molar-refractivity contribution in [1.29, 1.82) is 0 Å². The lowest BCUT2D eigenvalue weighted by atomic mass is 9.52. The van der Waals surface area contributed by atoms with Crippen LogP contribution in [-0.2, 0) is 4.74 Å². The highest BCUT2D eigenvalue weighted by Crippen LogP contribution is 2.56. The Morgan fingerprint density at radius 2 is 2.00 bits per heavy atom. The van der Waals surface area contributed by atoms with Crippen molar-refractivity contribution in [2.24, 2.45) is 17.8 Å². The van der Waals surface area contributed by atoms with Gasteiger partial charge in [-0.1, -0.05) is 0 Å². The number of aryl methyl sites for hydroxylation is 1. The van der Waals surface area contributed by atoms with Gasteiger partial charge in [-0.05, 0) is 56.8 Å². The fourth-order valence-electron chi connectivity index (χ4n) is 6.40. The highest BCUT2D eigenvalue weighted by molar-refractivity contribution is 5.56. The normalized spacial score (nSPS) is 36.8. The first-order chi connectivity index (χ1) is 15.8. The summed E-state index contributed by atoms with van der Waals surface area (Å²) in [7, 11) is 0. The maximum Gasteiger partial charge on any atom is 0.258 e. The SMILES string of the molecule is Cc1cc(Nc2nc(NC3C4CC5CC3CC(O)(C5)C4)nc(O[C@H]3COC[C@H]3O)c2F)n[nH]1. The Hall–Kier alpha value is -2.50. The predicted molar refractivity (Wildman–Crippen MR) is 116 cm³/mol. The van der Waals surface area contributed by atoms with Crippen LogP contribution < -0.4 is 15.4 Å². The topological polar surface area (TPSA) is 137 Å². The molecular formula is C22H29FN6O4. The molecule has 0 radical (unpaired) electrons. The van der Waals surface area contributed by atoms with E-state index in [0.717, 1.165) is 37.8 Å². The third kappa shape index (κ3) is 3.91. The van der Waals surface area contributed by atoms with E-state index in [-0.39, 0.29) is 36.9 Å². The number of hydrogen-bond acceptors (Lipinski definition) is 9. The minimum atomic E-state index is -0.855. The van der Waals surface area contributed by atoms with Crippen molar-refractivity contribution >= 4 is 17.6 Å². The largest absolute Gasteiger partial charge is 0.467 e. The third-order valence-electron chi connectivity index (χ3n) is 7.57. The third-order valence-corrected chi connectivity index (χ3v) is 7.57. The molecule has 4 atom stereocenters. The second-order valence-corrected chi connectivity index (χ2v) is 10.2. The molecule has 11 heteroatoms. The molecule has 0 amide bonds. The van der Waals surface area contributed by atoms with E-state index in [2.05, 4.69) is 30.8 Å². The van der Waals surface area contributed by atoms with Gasteiger partial charge in [-0.3, -0.25) is 5.10 Å². The second kappa shape index (κ2) is 7.78. The molecule has 2 unspecified atom stereocenters. The molecule has 4 bridgehead atoms. The second-order valence-electron chi connectivity index (χ2n) is 10.2. The minimum absolute atomic E-state index is 0.0650. The number of ether oxygens (including phenoxy) is 2. The lowest BCUT2D eigenvalue weighted by molar-refractivity contribution is -0.129. The number of anilines is 3. The quantitative estimate of drug-likeness (QED) is 0.437. The van der Waals surface area contributed by atoms with Crippen LogP contribution in [-0.4, -0.2) is 67.4 Å². The number of nitrogens with zero attached hydrogens (tertiary/aromatic N) is 3. The van der Waals surface area contributed by atoms with Crippen molar-refractivity contribution in [2.75, 3.05) is 23.8 Å². The number of halogens is 1. The van der Waals surface area contributed by atoms with Gasteiger partial charge in [0.1, 0.15) is 6.10 Å². The van der Waals surface area contributed by atoms with Crippen molar-refractivity contribution in [1.82, 2.24) is 20.2 Å². The number of aromatic nitrogens is 4. The first-order valence-electron chi connectivity index (χ1n) is 11.6. The number of aliphatic hydroxyl groups is 2. The lowest BCUT2D eigenvalue weighted by Gasteiger charge is -2.58. The number of aromatic amines is 1. The summed E-state index contributed by atoms with van der Waals surface area (Å²) in [6, 6.07) is 1.85. The Bertz CT molecular complexity index is 1030. The fourth-order valence-corrected chi connectivity index (χ4v) is 6.40. The van der Waals surface area contributed by atoms with Crippen LogP contribution in [0, 0.1) is 30.5 Å². The standard InChI is InChI=1S/C22H29FN6O4/c1-10-2-16(29-28-10)24-19-17(23)20(33-15-9-32-8-14(15)30)27-21(26-19)25-18-12-3-11-4-13(18)7-22(31,5-11)6-12/h2,11-15,18,30-31H,3-9H2,1H3,(H3,24,25,26,27,28,29)/t11?,12?,13?,14-,15+,18?,22?/m1/s1. The summed E-state index contributed by atoms with van der Waals surface area (Å²) in [5.74, 6) is 0.818. The highest BCUT2D eigenvalue weighted by atomic mass is 19.1. The van der Waals surface area contributed by atoms with E-state index in [1.165, 1.54) is 0 Å². The molecule has 1 saturated heterocycles. The molecule has 5 fully saturated rings. The van der Waals surface area contributed by atoms with Gasteiger partial charge in [0.25, 0.3) is 5.88 Å². The zero-order valence-electron chi connectivity index (χ0n) is 18.4. The smallest absolute Gasteiger partial charge is 0.258 e. The van der Waals surface area contributed by atoms with Gasteiger partial charge in [0.15, 0.2) is 17.7 Å². The molecule has 10 nitrogen and oxygen atoms in total. The van der Waals surface area contributed by atoms with Crippen LogP contribution in [0.15, 0.2) is 6.07 Å². The maximum atomic E-state index is 15.3. The van der Waals surface area contributed by atoms with Crippen LogP contribution in [0.5, 0.6) is 5.88 Å². The van der Waals surface area contributed by atoms with Crippen LogP contribution in [0.1, 0.15) is 37.8 Å². The number of hydrogen-bond donors (Lipinski definition) is 5. The number of H-pyrrole nitrogens is 1. The highest BCUT2D eigenvalue weighted by Gasteiger charge is 2.55. The summed E-state index contributed by atoms with van der Waals surface area (Å²) in [4.78, 5) is 8.73. The van der Waals surface area contributed by atoms with Gasteiger partial charge in [0.2, 0.25) is 11.8 Å². The van der Waals surface area contributed by atoms with Gasteiger partial charge in [-0.2, -0.15) is 19.5 Å². The summed E-state index contributed by atoms with van der Waals surface area (Å²) in [6.07, 6.45) is 3.02. The lowest BCUT2D eigenvalue weighted by Crippen LogP contribution is -2.59. The van der Waals surface area contributed by atoms with E-state index in [1.807, 2.05) is 6.92 Å². The average Bonchev–Trinajstić information content (AvgIpc) is 3.34. The number of aliphatic hydroxyl groups excluding tert-OH is 1. The zero-order chi connectivity index (χ0) is 22.7. The van der Waals surface area contributed by atoms with E-state index in [1.54, 1.807) is 6.07 Å². The molecule has 33 heavy (non-hydrogen) atoms. The molecule has 4 saturated carbocycles. The Labute approximate surface area is 190 Å². The van der Waals surface area contributed by atoms with E-state index >= 15 is 4.39 Å². The zero-order valence-corrected chi connectivity index (χ0v) is 18.4. The van der Waals surface area contributed by atoms with Crippen molar-refractivity contribution in [2.45, 2.75) is 62.9 Å². The Morgan fingerprint density at radius 3 is 2.64 bits per heavy atom. The van der Waals surface area contributed by atoms with Gasteiger partial charge in [0.05, 0.1) is 18.8 Å². The predicted octanol–water partition coefficient (Wildman–Crippen LogP) is 1.88. The average molecular weight is 461 g/mol. The molecule has 2 aromatic rings. The Balaban J connectivity index is 1.30. The molecule has 4 aliphatic carbocycles. The Kier molecular flexibility index (Phi) is 4.96. The van der Waals surface area contributed by atoms with E-state index < -0.39 is 23.6 Å². The van der Waals surface area contributed by atoms with Crippen LogP contribution in [0.3, 0.4) is 0 Å². The summed E-state index contributed by atoms with van der Waals surface area (Å²) in [5.41, 5.74) is 0.273. The van der Waals surface area contributed by atoms with Crippen molar-refractivity contribution in [3.63, 3.8) is 0 Å². The van der Waals surface area contributed by atoms with Crippen LogP contribution >= 0.6 is 0 Å². The van der Waals surface area contributed by atoms with Crippen molar-refractivity contribution in [3.8, 4) is 5.88 Å². The fraction of sp³-hybridized carbons (Fsp3) is 0.682. The van der Waals surface area contributed by atoms with Gasteiger partial charge in [0, 0.05) is 17.8 Å². The molecule has 3 heterocycles. The van der Waals surface area contributed by atoms with Crippen LogP contribution in [0.4, 0.5) is 22.0 Å². The van der Waals surface area contributed by atoms with Gasteiger partial charge >= 0.3 is 0 Å². The summed E-state index contributed by atoms with van der Waals surface area (Å²) in [5, 5.41) is 34.2.